The summed E-state index contributed by atoms with van der Waals surface area (Å²) in [5, 5.41) is 1.96. The Morgan fingerprint density at radius 1 is 1.00 bits per heavy atom. The highest BCUT2D eigenvalue weighted by atomic mass is 19.1. The lowest BCUT2D eigenvalue weighted by Crippen LogP contribution is -2.44. The lowest BCUT2D eigenvalue weighted by Gasteiger charge is -2.20. The first-order valence-electron chi connectivity index (χ1n) is 8.18. The van der Waals surface area contributed by atoms with Gasteiger partial charge >= 0.3 is 5.97 Å². The van der Waals surface area contributed by atoms with E-state index in [1.807, 2.05) is 5.32 Å². The minimum atomic E-state index is -1.29. The molecule has 7 nitrogen and oxygen atoms in total. The number of halogens is 2. The Kier molecular flexibility index (Phi) is 5.16. The predicted octanol–water partition coefficient (Wildman–Crippen LogP) is 2.13. The molecule has 1 heterocycles. The molecule has 0 radical (unpaired) electrons. The van der Waals surface area contributed by atoms with Crippen LogP contribution in [-0.4, -0.2) is 41.2 Å². The molecule has 28 heavy (non-hydrogen) atoms. The highest BCUT2D eigenvalue weighted by Gasteiger charge is 2.41. The fourth-order valence-electron chi connectivity index (χ4n) is 2.72. The van der Waals surface area contributed by atoms with E-state index in [1.165, 1.54) is 19.1 Å². The van der Waals surface area contributed by atoms with E-state index in [0.29, 0.717) is 0 Å². The number of carbonyl (C=O) groups is 4. The van der Waals surface area contributed by atoms with Crippen LogP contribution in [0.15, 0.2) is 42.5 Å². The van der Waals surface area contributed by atoms with Crippen molar-refractivity contribution in [2.24, 2.45) is 0 Å². The number of hydrogen-bond acceptors (Lipinski definition) is 5. The summed E-state index contributed by atoms with van der Waals surface area (Å²) in [6.07, 6.45) is 0. The van der Waals surface area contributed by atoms with E-state index in [4.69, 9.17) is 4.74 Å². The van der Waals surface area contributed by atoms with Crippen molar-refractivity contribution in [3.63, 3.8) is 0 Å². The van der Waals surface area contributed by atoms with E-state index in [2.05, 4.69) is 0 Å². The number of fused-ring (bicyclic) bond motifs is 1. The summed E-state index contributed by atoms with van der Waals surface area (Å²) >= 11 is 0. The molecule has 0 aromatic heterocycles. The van der Waals surface area contributed by atoms with Crippen LogP contribution in [0.25, 0.3) is 0 Å². The number of benzene rings is 2. The Bertz CT molecular complexity index is 937. The molecule has 1 N–H and O–H groups in total. The normalized spacial score (nSPS) is 13.9. The number of carbonyl (C=O) groups excluding carboxylic acids is 4. The quantitative estimate of drug-likeness (QED) is 0.626. The van der Waals surface area contributed by atoms with Crippen LogP contribution in [0.1, 0.15) is 27.6 Å². The molecule has 0 aliphatic carbocycles. The summed E-state index contributed by atoms with van der Waals surface area (Å²) in [6, 6.07) is 7.85. The van der Waals surface area contributed by atoms with Gasteiger partial charge in [-0.05, 0) is 31.2 Å². The number of amides is 3. The second-order valence-corrected chi connectivity index (χ2v) is 5.95. The van der Waals surface area contributed by atoms with Crippen LogP contribution in [0.5, 0.6) is 0 Å². The van der Waals surface area contributed by atoms with Gasteiger partial charge in [0.2, 0.25) is 0 Å². The van der Waals surface area contributed by atoms with Crippen molar-refractivity contribution in [1.29, 1.82) is 0 Å². The van der Waals surface area contributed by atoms with Gasteiger partial charge in [-0.2, -0.15) is 0 Å². The summed E-state index contributed by atoms with van der Waals surface area (Å²) in [6.45, 7) is 0.429. The Labute approximate surface area is 157 Å². The van der Waals surface area contributed by atoms with Gasteiger partial charge in [-0.15, -0.1) is 0 Å². The SMILES string of the molecule is C[C@@H](C(=O)OCC(=O)Nc1c(F)cccc1F)N1C(=O)c2ccccc2C1=O. The predicted molar refractivity (Wildman–Crippen MR) is 92.4 cm³/mol. The van der Waals surface area contributed by atoms with Crippen LogP contribution >= 0.6 is 0 Å². The van der Waals surface area contributed by atoms with Crippen molar-refractivity contribution in [3.8, 4) is 0 Å². The Morgan fingerprint density at radius 3 is 2.07 bits per heavy atom. The Balaban J connectivity index is 1.62. The van der Waals surface area contributed by atoms with Crippen molar-refractivity contribution >= 4 is 29.4 Å². The van der Waals surface area contributed by atoms with Crippen LogP contribution < -0.4 is 5.32 Å². The van der Waals surface area contributed by atoms with Gasteiger partial charge in [-0.3, -0.25) is 19.3 Å². The maximum Gasteiger partial charge on any atom is 0.329 e. The van der Waals surface area contributed by atoms with Gasteiger partial charge in [0.1, 0.15) is 23.4 Å². The zero-order valence-corrected chi connectivity index (χ0v) is 14.6. The van der Waals surface area contributed by atoms with Gasteiger partial charge < -0.3 is 10.1 Å². The van der Waals surface area contributed by atoms with Crippen LogP contribution in [0, 0.1) is 11.6 Å². The van der Waals surface area contributed by atoms with Crippen molar-refractivity contribution in [3.05, 3.63) is 65.2 Å². The molecule has 1 aliphatic heterocycles. The molecule has 3 amide bonds. The van der Waals surface area contributed by atoms with Gasteiger partial charge in [0.05, 0.1) is 11.1 Å². The van der Waals surface area contributed by atoms with Gasteiger partial charge in [0.25, 0.3) is 17.7 Å². The highest BCUT2D eigenvalue weighted by molar-refractivity contribution is 6.22. The maximum atomic E-state index is 13.5. The largest absolute Gasteiger partial charge is 0.454 e. The summed E-state index contributed by atoms with van der Waals surface area (Å²) in [7, 11) is 0. The maximum absolute atomic E-state index is 13.5. The molecule has 0 bridgehead atoms. The average Bonchev–Trinajstić information content (AvgIpc) is 2.93. The van der Waals surface area contributed by atoms with E-state index in [0.717, 1.165) is 23.1 Å². The minimum absolute atomic E-state index is 0.167. The molecule has 144 valence electrons. The van der Waals surface area contributed by atoms with E-state index in [-0.39, 0.29) is 11.1 Å². The third-order valence-corrected chi connectivity index (χ3v) is 4.13. The third-order valence-electron chi connectivity index (χ3n) is 4.13. The fraction of sp³-hybridized carbons (Fsp3) is 0.158. The second-order valence-electron chi connectivity index (χ2n) is 5.95. The first-order chi connectivity index (χ1) is 13.3. The average molecular weight is 388 g/mol. The van der Waals surface area contributed by atoms with Gasteiger partial charge in [-0.25, -0.2) is 13.6 Å². The Hall–Kier alpha value is -3.62. The summed E-state index contributed by atoms with van der Waals surface area (Å²) in [5.74, 6) is -5.27. The number of anilines is 1. The molecule has 3 rings (SSSR count). The molecule has 0 unspecified atom stereocenters. The molecule has 1 atom stereocenters. The number of nitrogens with zero attached hydrogens (tertiary/aromatic N) is 1. The summed E-state index contributed by atoms with van der Waals surface area (Å²) < 4.78 is 31.8. The zero-order valence-electron chi connectivity index (χ0n) is 14.6. The Morgan fingerprint density at radius 2 is 1.54 bits per heavy atom. The topological polar surface area (TPSA) is 92.8 Å². The number of hydrogen-bond donors (Lipinski definition) is 1. The monoisotopic (exact) mass is 388 g/mol. The van der Waals surface area contributed by atoms with Crippen LogP contribution in [0.2, 0.25) is 0 Å². The lowest BCUT2D eigenvalue weighted by atomic mass is 10.1. The molecule has 2 aromatic carbocycles. The number of para-hydroxylation sites is 1. The fourth-order valence-corrected chi connectivity index (χ4v) is 2.72. The molecule has 2 aromatic rings. The van der Waals surface area contributed by atoms with E-state index >= 15 is 0 Å². The number of esters is 1. The molecule has 1 aliphatic rings. The first kappa shape index (κ1) is 19.2. The molecule has 9 heteroatoms. The van der Waals surface area contributed by atoms with E-state index in [1.54, 1.807) is 12.1 Å². The van der Waals surface area contributed by atoms with Gasteiger partial charge in [0.15, 0.2) is 6.61 Å². The second kappa shape index (κ2) is 7.55. The van der Waals surface area contributed by atoms with Crippen LogP contribution in [0.4, 0.5) is 14.5 Å². The molecule has 0 saturated heterocycles. The van der Waals surface area contributed by atoms with Crippen molar-refractivity contribution in [1.82, 2.24) is 4.90 Å². The molecule has 0 saturated carbocycles. The zero-order chi connectivity index (χ0) is 20.4. The highest BCUT2D eigenvalue weighted by Crippen LogP contribution is 2.24. The number of ether oxygens (including phenoxy) is 1. The van der Waals surface area contributed by atoms with E-state index < -0.39 is 53.7 Å². The molecular weight excluding hydrogens is 374 g/mol. The van der Waals surface area contributed by atoms with Crippen molar-refractivity contribution < 1.29 is 32.7 Å². The minimum Gasteiger partial charge on any atom is -0.454 e. The first-order valence-corrected chi connectivity index (χ1v) is 8.18. The van der Waals surface area contributed by atoms with Gasteiger partial charge in [0, 0.05) is 0 Å². The smallest absolute Gasteiger partial charge is 0.329 e. The molecule has 0 fully saturated rings. The summed E-state index contributed by atoms with van der Waals surface area (Å²) in [4.78, 5) is 49.4. The standard InChI is InChI=1S/C19H14F2N2O5/c1-10(23-17(25)11-5-2-3-6-12(11)18(23)26)19(27)28-9-15(24)22-16-13(20)7-4-8-14(16)21/h2-8,10H,9H2,1H3,(H,22,24)/t10-/m0/s1. The number of nitrogens with one attached hydrogen (secondary N) is 1. The number of rotatable bonds is 5. The van der Waals surface area contributed by atoms with Gasteiger partial charge in [-0.1, -0.05) is 18.2 Å². The number of imide groups is 1. The molecular formula is C19H14F2N2O5. The van der Waals surface area contributed by atoms with Crippen molar-refractivity contribution in [2.75, 3.05) is 11.9 Å². The van der Waals surface area contributed by atoms with Crippen LogP contribution in [-0.2, 0) is 14.3 Å². The third kappa shape index (κ3) is 3.46. The van der Waals surface area contributed by atoms with Crippen LogP contribution in [0.3, 0.4) is 0 Å². The van der Waals surface area contributed by atoms with Crippen molar-refractivity contribution in [2.45, 2.75) is 13.0 Å². The molecule has 0 spiro atoms. The summed E-state index contributed by atoms with van der Waals surface area (Å²) in [5.41, 5.74) is -0.336. The van der Waals surface area contributed by atoms with E-state index in [9.17, 15) is 28.0 Å². The lowest BCUT2D eigenvalue weighted by molar-refractivity contribution is -0.150.